The molecule has 4 aromatic heterocycles. The number of ketones is 1. The number of rotatable bonds is 20. The molecule has 0 unspecified atom stereocenters. The minimum Gasteiger partial charge on any atom is -0.379 e. The van der Waals surface area contributed by atoms with E-state index in [0.29, 0.717) is 76.2 Å². The maximum absolute atomic E-state index is 13.5. The highest BCUT2D eigenvalue weighted by Gasteiger charge is 2.19. The lowest BCUT2D eigenvalue weighted by molar-refractivity contribution is -0.671. The van der Waals surface area contributed by atoms with E-state index in [1.54, 1.807) is 27.6 Å². The number of carbonyl (C=O) groups excluding carboxylic acids is 1. The Bertz CT molecular complexity index is 2140. The second-order valence-corrected chi connectivity index (χ2v) is 12.7. The van der Waals surface area contributed by atoms with Gasteiger partial charge < -0.3 is 24.5 Å². The van der Waals surface area contributed by atoms with Crippen LogP contribution < -0.4 is 15.9 Å². The number of nitrogens with zero attached hydrogens (tertiary/aromatic N) is 6. The van der Waals surface area contributed by atoms with Crippen LogP contribution in [0.2, 0.25) is 0 Å². The number of unbranched alkanes of at least 4 members (excludes halogenated alkanes) is 1. The predicted octanol–water partition coefficient (Wildman–Crippen LogP) is 4.74. The van der Waals surface area contributed by atoms with Crippen molar-refractivity contribution in [1.82, 2.24) is 29.3 Å². The molecule has 0 saturated heterocycles. The van der Waals surface area contributed by atoms with Crippen molar-refractivity contribution in [2.75, 3.05) is 45.4 Å². The van der Waals surface area contributed by atoms with E-state index in [1.807, 2.05) is 54.5 Å². The number of nitrogen functional groups attached to an aromatic ring is 1. The fraction of sp³-hybridized carbons (Fsp3) is 0.333. The van der Waals surface area contributed by atoms with Gasteiger partial charge >= 0.3 is 0 Å². The van der Waals surface area contributed by atoms with Crippen molar-refractivity contribution in [2.24, 2.45) is 7.05 Å². The maximum atomic E-state index is 13.5. The van der Waals surface area contributed by atoms with Crippen molar-refractivity contribution in [1.29, 1.82) is 0 Å². The van der Waals surface area contributed by atoms with Crippen LogP contribution in [-0.4, -0.2) is 74.7 Å². The number of nitrogens with two attached hydrogens (primary N) is 1. The molecule has 53 heavy (non-hydrogen) atoms. The number of carbonyl (C=O) groups is 1. The highest BCUT2D eigenvalue weighted by Crippen LogP contribution is 2.24. The second-order valence-electron chi connectivity index (χ2n) is 12.7. The minimum atomic E-state index is -0.440. The summed E-state index contributed by atoms with van der Waals surface area (Å²) in [6.45, 7) is 3.94. The van der Waals surface area contributed by atoms with Gasteiger partial charge in [0.05, 0.1) is 44.7 Å². The molecule has 276 valence electrons. The number of hydrogen-bond donors (Lipinski definition) is 2. The third kappa shape index (κ3) is 10.3. The first-order valence-electron chi connectivity index (χ1n) is 17.7. The summed E-state index contributed by atoms with van der Waals surface area (Å²) >= 11 is 0. The van der Waals surface area contributed by atoms with Crippen LogP contribution >= 0.6 is 0 Å². The number of benzene rings is 2. The summed E-state index contributed by atoms with van der Waals surface area (Å²) in [4.78, 5) is 36.5. The molecule has 0 atom stereocenters. The van der Waals surface area contributed by atoms with Gasteiger partial charge in [0.15, 0.2) is 29.3 Å². The summed E-state index contributed by atoms with van der Waals surface area (Å²) in [5, 5.41) is 4.46. The van der Waals surface area contributed by atoms with Crippen molar-refractivity contribution in [3.05, 3.63) is 113 Å². The molecule has 6 rings (SSSR count). The summed E-state index contributed by atoms with van der Waals surface area (Å²) in [5.41, 5.74) is 10.3. The zero-order chi connectivity index (χ0) is 37.0. The van der Waals surface area contributed by atoms with E-state index in [2.05, 4.69) is 32.2 Å². The van der Waals surface area contributed by atoms with Gasteiger partial charge in [-0.3, -0.25) is 19.3 Å². The Balaban J connectivity index is 0.829. The average molecular weight is 724 g/mol. The first-order valence-corrected chi connectivity index (χ1v) is 17.7. The average Bonchev–Trinajstić information content (AvgIpc) is 3.78. The van der Waals surface area contributed by atoms with Crippen LogP contribution in [-0.2, 0) is 34.3 Å². The first-order chi connectivity index (χ1) is 25.8. The number of Topliss-reactive ketones (excluding diaryl/α,β-unsaturated/α-hetero) is 1. The largest absolute Gasteiger partial charge is 0.379 e. The molecule has 4 heterocycles. The van der Waals surface area contributed by atoms with Crippen LogP contribution in [0.1, 0.15) is 41.6 Å². The Morgan fingerprint density at radius 3 is 2.21 bits per heavy atom. The highest BCUT2D eigenvalue weighted by molar-refractivity contribution is 5.96. The van der Waals surface area contributed by atoms with Gasteiger partial charge in [-0.05, 0) is 48.1 Å². The first kappa shape index (κ1) is 37.2. The van der Waals surface area contributed by atoms with Gasteiger partial charge in [-0.25, -0.2) is 13.9 Å². The molecule has 0 spiro atoms. The molecule has 0 saturated carbocycles. The summed E-state index contributed by atoms with van der Waals surface area (Å²) in [6.07, 6.45) is 10.4. The van der Waals surface area contributed by atoms with Gasteiger partial charge in [-0.2, -0.15) is 10.1 Å². The summed E-state index contributed by atoms with van der Waals surface area (Å²) < 4.78 is 36.1. The molecule has 0 radical (unpaired) electrons. The number of imidazole rings is 1. The molecule has 3 N–H and O–H groups in total. The van der Waals surface area contributed by atoms with Gasteiger partial charge in [0.1, 0.15) is 18.7 Å². The second kappa shape index (κ2) is 18.3. The third-order valence-corrected chi connectivity index (χ3v) is 8.65. The van der Waals surface area contributed by atoms with Gasteiger partial charge in [-0.1, -0.05) is 36.4 Å². The molecule has 13 nitrogen and oxygen atoms in total. The van der Waals surface area contributed by atoms with E-state index in [1.165, 1.54) is 12.1 Å². The number of aromatic nitrogens is 7. The van der Waals surface area contributed by atoms with E-state index < -0.39 is 5.56 Å². The number of hydrogen-bond acceptors (Lipinski definition) is 9. The minimum absolute atomic E-state index is 0.0165. The SMILES string of the molecule is C[n+]1ccc(-c2ccc(C(=O)CCCCOCCOCCOCCCn3cc(-c4nc5c(=O)[nH]c(N)nc5n4Cc4ccc(F)cc4)cn3)cc2)cc1. The van der Waals surface area contributed by atoms with Crippen molar-refractivity contribution < 1.29 is 28.0 Å². The van der Waals surface area contributed by atoms with Crippen LogP contribution in [0.5, 0.6) is 0 Å². The Morgan fingerprint density at radius 2 is 1.49 bits per heavy atom. The monoisotopic (exact) mass is 723 g/mol. The molecule has 0 aliphatic heterocycles. The maximum Gasteiger partial charge on any atom is 0.280 e. The van der Waals surface area contributed by atoms with Gasteiger partial charge in [0, 0.05) is 50.1 Å². The van der Waals surface area contributed by atoms with Crippen molar-refractivity contribution in [3.8, 4) is 22.5 Å². The fourth-order valence-corrected chi connectivity index (χ4v) is 5.82. The predicted molar refractivity (Wildman–Crippen MR) is 198 cm³/mol. The molecular formula is C39H44FN8O5+. The number of pyridine rings is 1. The normalized spacial score (nSPS) is 11.4. The molecular weight excluding hydrogens is 679 g/mol. The van der Waals surface area contributed by atoms with Crippen LogP contribution in [0.4, 0.5) is 10.3 Å². The Kier molecular flexibility index (Phi) is 12.8. The van der Waals surface area contributed by atoms with Crippen LogP contribution in [0, 0.1) is 5.82 Å². The standard InChI is InChI=1S/C39H43FN8O5/c1-46-17-14-30(15-18-46)29-8-10-31(11-9-29)34(49)5-2-3-19-51-21-23-53-24-22-52-20-4-16-47-27-32(25-42-47)36-43-35-37(44-39(41)45-38(35)50)48(36)26-28-6-12-33(40)13-7-28/h6-15,17-18,25,27H,2-5,16,19-24,26H2,1H3,(H2-,41,44,45,50)/p+1. The molecule has 2 aromatic carbocycles. The van der Waals surface area contributed by atoms with E-state index >= 15 is 0 Å². The van der Waals surface area contributed by atoms with Crippen molar-refractivity contribution in [2.45, 2.75) is 38.8 Å². The zero-order valence-electron chi connectivity index (χ0n) is 29.7. The lowest BCUT2D eigenvalue weighted by atomic mass is 10.0. The number of nitrogens with one attached hydrogen (secondary N) is 1. The number of ether oxygens (including phenoxy) is 3. The van der Waals surface area contributed by atoms with Crippen LogP contribution in [0.15, 0.2) is 90.2 Å². The number of halogens is 1. The van der Waals surface area contributed by atoms with E-state index in [0.717, 1.165) is 41.5 Å². The summed E-state index contributed by atoms with van der Waals surface area (Å²) in [7, 11) is 1.98. The molecule has 0 fully saturated rings. The lowest BCUT2D eigenvalue weighted by Crippen LogP contribution is -2.25. The molecule has 0 bridgehead atoms. The number of H-pyrrole nitrogens is 1. The molecule has 0 aliphatic carbocycles. The molecule has 0 aliphatic rings. The Labute approximate surface area is 306 Å². The Morgan fingerprint density at radius 1 is 0.830 bits per heavy atom. The van der Waals surface area contributed by atoms with Crippen LogP contribution in [0.25, 0.3) is 33.7 Å². The fourth-order valence-electron chi connectivity index (χ4n) is 5.82. The smallest absolute Gasteiger partial charge is 0.280 e. The van der Waals surface area contributed by atoms with E-state index in [9.17, 15) is 14.0 Å². The van der Waals surface area contributed by atoms with Gasteiger partial charge in [0.25, 0.3) is 5.56 Å². The van der Waals surface area contributed by atoms with Gasteiger partial charge in [0.2, 0.25) is 5.95 Å². The number of fused-ring (bicyclic) bond motifs is 1. The van der Waals surface area contributed by atoms with E-state index in [-0.39, 0.29) is 23.1 Å². The lowest BCUT2D eigenvalue weighted by Gasteiger charge is -2.08. The Hall–Kier alpha value is -5.57. The third-order valence-electron chi connectivity index (χ3n) is 8.65. The number of aryl methyl sites for hydroxylation is 2. The number of aromatic amines is 1. The van der Waals surface area contributed by atoms with Gasteiger partial charge in [-0.15, -0.1) is 0 Å². The topological polar surface area (TPSA) is 156 Å². The quantitative estimate of drug-likeness (QED) is 0.0646. The summed E-state index contributed by atoms with van der Waals surface area (Å²) in [6, 6.07) is 18.0. The zero-order valence-corrected chi connectivity index (χ0v) is 29.7. The highest BCUT2D eigenvalue weighted by atomic mass is 19.1. The summed E-state index contributed by atoms with van der Waals surface area (Å²) in [5.74, 6) is 0.296. The number of anilines is 1. The molecule has 6 aromatic rings. The van der Waals surface area contributed by atoms with Crippen molar-refractivity contribution >= 4 is 22.9 Å². The molecule has 0 amide bonds. The van der Waals surface area contributed by atoms with Crippen LogP contribution in [0.3, 0.4) is 0 Å². The molecule has 14 heteroatoms. The van der Waals surface area contributed by atoms with Crippen molar-refractivity contribution in [3.63, 3.8) is 0 Å². The van der Waals surface area contributed by atoms with E-state index in [4.69, 9.17) is 19.9 Å².